The number of esters is 1. The summed E-state index contributed by atoms with van der Waals surface area (Å²) in [7, 11) is 1.41. The fourth-order valence-corrected chi connectivity index (χ4v) is 1.97. The summed E-state index contributed by atoms with van der Waals surface area (Å²) < 4.78 is 7.58. The van der Waals surface area contributed by atoms with Gasteiger partial charge < -0.3 is 10.1 Å². The molecule has 0 aliphatic heterocycles. The van der Waals surface area contributed by atoms with Crippen molar-refractivity contribution < 1.29 is 9.53 Å². The molecule has 1 N–H and O–H groups in total. The zero-order chi connectivity index (χ0) is 13.8. The highest BCUT2D eigenvalue weighted by molar-refractivity contribution is 9.10. The predicted octanol–water partition coefficient (Wildman–Crippen LogP) is 1.82. The van der Waals surface area contributed by atoms with Gasteiger partial charge in [-0.3, -0.25) is 9.48 Å². The molecule has 0 radical (unpaired) electrons. The molecule has 0 aromatic carbocycles. The van der Waals surface area contributed by atoms with E-state index < -0.39 is 0 Å². The minimum Gasteiger partial charge on any atom is -0.468 e. The van der Waals surface area contributed by atoms with E-state index in [1.165, 1.54) is 7.11 Å². The van der Waals surface area contributed by atoms with Crippen molar-refractivity contribution in [2.24, 2.45) is 5.41 Å². The molecule has 0 fully saturated rings. The summed E-state index contributed by atoms with van der Waals surface area (Å²) in [6.45, 7) is 7.38. The van der Waals surface area contributed by atoms with Crippen LogP contribution in [0.25, 0.3) is 0 Å². The number of aromatic nitrogens is 2. The van der Waals surface area contributed by atoms with E-state index in [4.69, 9.17) is 4.74 Å². The lowest BCUT2D eigenvalue weighted by Gasteiger charge is -2.29. The van der Waals surface area contributed by atoms with Gasteiger partial charge in [0.25, 0.3) is 0 Å². The SMILES string of the molecule is COC(=O)[C@@H](NCCn1cc(Br)cn1)C(C)(C)C. The monoisotopic (exact) mass is 317 g/mol. The molecule has 0 saturated heterocycles. The highest BCUT2D eigenvalue weighted by atomic mass is 79.9. The van der Waals surface area contributed by atoms with Crippen molar-refractivity contribution in [1.29, 1.82) is 0 Å². The molecule has 1 aromatic heterocycles. The standard InChI is InChI=1S/C12H20BrN3O2/c1-12(2,3)10(11(17)18-4)14-5-6-16-8-9(13)7-15-16/h7-8,10,14H,5-6H2,1-4H3/t10-/m1/s1. The van der Waals surface area contributed by atoms with E-state index in [0.717, 1.165) is 4.47 Å². The highest BCUT2D eigenvalue weighted by Gasteiger charge is 2.31. The van der Waals surface area contributed by atoms with Crippen LogP contribution in [0.4, 0.5) is 0 Å². The van der Waals surface area contributed by atoms with Gasteiger partial charge in [-0.2, -0.15) is 5.10 Å². The first-order valence-electron chi connectivity index (χ1n) is 5.84. The number of rotatable bonds is 5. The lowest BCUT2D eigenvalue weighted by atomic mass is 9.87. The zero-order valence-electron chi connectivity index (χ0n) is 11.2. The Labute approximate surface area is 116 Å². The molecule has 1 heterocycles. The quantitative estimate of drug-likeness (QED) is 0.842. The summed E-state index contributed by atoms with van der Waals surface area (Å²) in [4.78, 5) is 11.7. The van der Waals surface area contributed by atoms with Crippen molar-refractivity contribution in [2.75, 3.05) is 13.7 Å². The van der Waals surface area contributed by atoms with Crippen molar-refractivity contribution in [3.63, 3.8) is 0 Å². The van der Waals surface area contributed by atoms with Crippen LogP contribution < -0.4 is 5.32 Å². The number of hydrogen-bond donors (Lipinski definition) is 1. The summed E-state index contributed by atoms with van der Waals surface area (Å²) in [6, 6.07) is -0.318. The number of halogens is 1. The number of nitrogens with one attached hydrogen (secondary N) is 1. The molecule has 0 amide bonds. The van der Waals surface area contributed by atoms with Crippen molar-refractivity contribution in [2.45, 2.75) is 33.4 Å². The Hall–Kier alpha value is -0.880. The van der Waals surface area contributed by atoms with Crippen LogP contribution in [0.15, 0.2) is 16.9 Å². The summed E-state index contributed by atoms with van der Waals surface area (Å²) in [5, 5.41) is 7.37. The first kappa shape index (κ1) is 15.2. The van der Waals surface area contributed by atoms with Crippen molar-refractivity contribution >= 4 is 21.9 Å². The van der Waals surface area contributed by atoms with Crippen molar-refractivity contribution in [3.8, 4) is 0 Å². The molecule has 1 aromatic rings. The predicted molar refractivity (Wildman–Crippen MR) is 73.2 cm³/mol. The van der Waals surface area contributed by atoms with Gasteiger partial charge in [0.05, 0.1) is 24.3 Å². The van der Waals surface area contributed by atoms with Crippen LogP contribution in [-0.2, 0) is 16.1 Å². The average Bonchev–Trinajstić information content (AvgIpc) is 2.68. The Morgan fingerprint density at radius 3 is 2.72 bits per heavy atom. The van der Waals surface area contributed by atoms with Gasteiger partial charge in [-0.1, -0.05) is 20.8 Å². The molecule has 0 bridgehead atoms. The van der Waals surface area contributed by atoms with Crippen LogP contribution in [0.3, 0.4) is 0 Å². The van der Waals surface area contributed by atoms with Crippen LogP contribution in [-0.4, -0.2) is 35.4 Å². The van der Waals surface area contributed by atoms with E-state index in [1.54, 1.807) is 6.20 Å². The Kier molecular flexibility index (Phi) is 5.34. The fraction of sp³-hybridized carbons (Fsp3) is 0.667. The molecular weight excluding hydrogens is 298 g/mol. The van der Waals surface area contributed by atoms with Gasteiger partial charge in [-0.25, -0.2) is 0 Å². The minimum atomic E-state index is -0.318. The van der Waals surface area contributed by atoms with Crippen molar-refractivity contribution in [3.05, 3.63) is 16.9 Å². The smallest absolute Gasteiger partial charge is 0.323 e. The van der Waals surface area contributed by atoms with Gasteiger partial charge in [0.1, 0.15) is 6.04 Å². The summed E-state index contributed by atoms with van der Waals surface area (Å²) >= 11 is 3.34. The Balaban J connectivity index is 2.50. The number of carbonyl (C=O) groups is 1. The van der Waals surface area contributed by atoms with Crippen LogP contribution in [0.5, 0.6) is 0 Å². The second-order valence-electron chi connectivity index (χ2n) is 5.20. The third-order valence-corrected chi connectivity index (χ3v) is 3.00. The molecule has 102 valence electrons. The maximum Gasteiger partial charge on any atom is 0.323 e. The van der Waals surface area contributed by atoms with Gasteiger partial charge in [0.15, 0.2) is 0 Å². The molecule has 1 atom stereocenters. The number of ether oxygens (including phenoxy) is 1. The van der Waals surface area contributed by atoms with Crippen LogP contribution >= 0.6 is 15.9 Å². The first-order valence-corrected chi connectivity index (χ1v) is 6.63. The van der Waals surface area contributed by atoms with E-state index in [0.29, 0.717) is 13.1 Å². The van der Waals surface area contributed by atoms with Gasteiger partial charge in [0, 0.05) is 12.7 Å². The largest absolute Gasteiger partial charge is 0.468 e. The number of hydrogen-bond acceptors (Lipinski definition) is 4. The Bertz CT molecular complexity index is 398. The maximum absolute atomic E-state index is 11.7. The van der Waals surface area contributed by atoms with Crippen molar-refractivity contribution in [1.82, 2.24) is 15.1 Å². The normalized spacial score (nSPS) is 13.4. The van der Waals surface area contributed by atoms with Crippen LogP contribution in [0, 0.1) is 5.41 Å². The van der Waals surface area contributed by atoms with E-state index >= 15 is 0 Å². The lowest BCUT2D eigenvalue weighted by molar-refractivity contribution is -0.146. The molecule has 0 unspecified atom stereocenters. The summed E-state index contributed by atoms with van der Waals surface area (Å²) in [5.41, 5.74) is -0.183. The Morgan fingerprint density at radius 2 is 2.28 bits per heavy atom. The molecule has 0 spiro atoms. The topological polar surface area (TPSA) is 56.1 Å². The Morgan fingerprint density at radius 1 is 1.61 bits per heavy atom. The maximum atomic E-state index is 11.7. The van der Waals surface area contributed by atoms with Gasteiger partial charge >= 0.3 is 5.97 Å². The van der Waals surface area contributed by atoms with Crippen LogP contribution in [0.1, 0.15) is 20.8 Å². The summed E-state index contributed by atoms with van der Waals surface area (Å²) in [5.74, 6) is -0.232. The minimum absolute atomic E-state index is 0.183. The van der Waals surface area contributed by atoms with Gasteiger partial charge in [-0.15, -0.1) is 0 Å². The molecule has 18 heavy (non-hydrogen) atoms. The van der Waals surface area contributed by atoms with Crippen LogP contribution in [0.2, 0.25) is 0 Å². The second-order valence-corrected chi connectivity index (χ2v) is 6.11. The molecule has 0 aliphatic rings. The molecule has 6 heteroatoms. The molecule has 5 nitrogen and oxygen atoms in total. The van der Waals surface area contributed by atoms with E-state index in [-0.39, 0.29) is 17.4 Å². The molecular formula is C12H20BrN3O2. The average molecular weight is 318 g/mol. The highest BCUT2D eigenvalue weighted by Crippen LogP contribution is 2.20. The van der Waals surface area contributed by atoms with Gasteiger partial charge in [-0.05, 0) is 21.3 Å². The number of carbonyl (C=O) groups excluding carboxylic acids is 1. The third kappa shape index (κ3) is 4.42. The fourth-order valence-electron chi connectivity index (χ4n) is 1.64. The number of methoxy groups -OCH3 is 1. The van der Waals surface area contributed by atoms with E-state index in [1.807, 2.05) is 31.6 Å². The number of nitrogens with zero attached hydrogens (tertiary/aromatic N) is 2. The first-order chi connectivity index (χ1) is 8.34. The molecule has 0 saturated carbocycles. The summed E-state index contributed by atoms with van der Waals surface area (Å²) in [6.07, 6.45) is 3.63. The third-order valence-electron chi connectivity index (χ3n) is 2.59. The zero-order valence-corrected chi connectivity index (χ0v) is 12.8. The van der Waals surface area contributed by atoms with Gasteiger partial charge in [0.2, 0.25) is 0 Å². The lowest BCUT2D eigenvalue weighted by Crippen LogP contribution is -2.48. The molecule has 0 aliphatic carbocycles. The second kappa shape index (κ2) is 6.33. The van der Waals surface area contributed by atoms with E-state index in [9.17, 15) is 4.79 Å². The van der Waals surface area contributed by atoms with E-state index in [2.05, 4.69) is 26.3 Å². The molecule has 1 rings (SSSR count).